The smallest absolute Gasteiger partial charge is 0.417 e. The van der Waals surface area contributed by atoms with Crippen LogP contribution in [0.5, 0.6) is 0 Å². The van der Waals surface area contributed by atoms with Crippen molar-refractivity contribution in [2.24, 2.45) is 0 Å². The highest BCUT2D eigenvalue weighted by atomic mass is 19.4. The normalized spacial score (nSPS) is 11.4. The second-order valence-corrected chi connectivity index (χ2v) is 4.22. The molecule has 2 rings (SSSR count). The van der Waals surface area contributed by atoms with Gasteiger partial charge in [0, 0.05) is 12.5 Å². The van der Waals surface area contributed by atoms with Crippen LogP contribution in [0.15, 0.2) is 40.8 Å². The highest BCUT2D eigenvalue weighted by molar-refractivity contribution is 5.72. The van der Waals surface area contributed by atoms with Crippen molar-refractivity contribution in [2.45, 2.75) is 19.6 Å². The second kappa shape index (κ2) is 5.40. The SMILES string of the molecule is CC(=O)NCc1ccc(-c2ccccc2C(F)(F)F)o1. The van der Waals surface area contributed by atoms with Crippen molar-refractivity contribution in [3.8, 4) is 11.3 Å². The molecule has 20 heavy (non-hydrogen) atoms. The summed E-state index contributed by atoms with van der Waals surface area (Å²) in [5.41, 5.74) is -0.769. The van der Waals surface area contributed by atoms with Gasteiger partial charge >= 0.3 is 6.18 Å². The summed E-state index contributed by atoms with van der Waals surface area (Å²) in [6, 6.07) is 8.20. The van der Waals surface area contributed by atoms with Gasteiger partial charge in [0.1, 0.15) is 11.5 Å². The Bertz CT molecular complexity index is 617. The fourth-order valence-electron chi connectivity index (χ4n) is 1.77. The highest BCUT2D eigenvalue weighted by Gasteiger charge is 2.34. The van der Waals surface area contributed by atoms with Gasteiger partial charge in [-0.2, -0.15) is 13.2 Å². The van der Waals surface area contributed by atoms with Crippen LogP contribution in [-0.2, 0) is 17.5 Å². The minimum Gasteiger partial charge on any atom is -0.459 e. The van der Waals surface area contributed by atoms with Crippen LogP contribution in [0.1, 0.15) is 18.2 Å². The largest absolute Gasteiger partial charge is 0.459 e. The Labute approximate surface area is 113 Å². The molecule has 0 atom stereocenters. The first kappa shape index (κ1) is 14.2. The van der Waals surface area contributed by atoms with Crippen LogP contribution in [0.4, 0.5) is 13.2 Å². The number of hydrogen-bond donors (Lipinski definition) is 1. The molecule has 0 fully saturated rings. The summed E-state index contributed by atoms with van der Waals surface area (Å²) >= 11 is 0. The summed E-state index contributed by atoms with van der Waals surface area (Å²) in [7, 11) is 0. The van der Waals surface area contributed by atoms with Gasteiger partial charge in [-0.25, -0.2) is 0 Å². The summed E-state index contributed by atoms with van der Waals surface area (Å²) in [6.45, 7) is 1.49. The van der Waals surface area contributed by atoms with E-state index in [-0.39, 0.29) is 23.8 Å². The maximum Gasteiger partial charge on any atom is 0.417 e. The Balaban J connectivity index is 2.31. The van der Waals surface area contributed by atoms with E-state index in [4.69, 9.17) is 4.42 Å². The van der Waals surface area contributed by atoms with Crippen LogP contribution >= 0.6 is 0 Å². The van der Waals surface area contributed by atoms with Gasteiger partial charge in [0.2, 0.25) is 5.91 Å². The summed E-state index contributed by atoms with van der Waals surface area (Å²) in [6.07, 6.45) is -4.44. The van der Waals surface area contributed by atoms with Crippen molar-refractivity contribution < 1.29 is 22.4 Å². The van der Waals surface area contributed by atoms with Crippen molar-refractivity contribution in [3.05, 3.63) is 47.7 Å². The lowest BCUT2D eigenvalue weighted by molar-refractivity contribution is -0.137. The summed E-state index contributed by atoms with van der Waals surface area (Å²) in [4.78, 5) is 10.8. The Morgan fingerprint density at radius 1 is 1.20 bits per heavy atom. The zero-order chi connectivity index (χ0) is 14.8. The number of halogens is 3. The first-order valence-electron chi connectivity index (χ1n) is 5.87. The van der Waals surface area contributed by atoms with E-state index in [2.05, 4.69) is 5.32 Å². The van der Waals surface area contributed by atoms with Crippen molar-refractivity contribution in [2.75, 3.05) is 0 Å². The number of rotatable bonds is 3. The molecule has 0 aliphatic carbocycles. The second-order valence-electron chi connectivity index (χ2n) is 4.22. The van der Waals surface area contributed by atoms with Crippen LogP contribution in [0.3, 0.4) is 0 Å². The zero-order valence-electron chi connectivity index (χ0n) is 10.6. The average Bonchev–Trinajstić information content (AvgIpc) is 2.84. The number of nitrogens with one attached hydrogen (secondary N) is 1. The summed E-state index contributed by atoms with van der Waals surface area (Å²) in [5, 5.41) is 2.52. The number of carbonyl (C=O) groups excluding carboxylic acids is 1. The third kappa shape index (κ3) is 3.20. The van der Waals surface area contributed by atoms with E-state index in [9.17, 15) is 18.0 Å². The van der Waals surface area contributed by atoms with E-state index in [1.807, 2.05) is 0 Å². The molecule has 2 aromatic rings. The lowest BCUT2D eigenvalue weighted by Gasteiger charge is -2.10. The molecule has 106 valence electrons. The highest BCUT2D eigenvalue weighted by Crippen LogP contribution is 2.37. The Morgan fingerprint density at radius 2 is 1.90 bits per heavy atom. The third-order valence-corrected chi connectivity index (χ3v) is 2.67. The van der Waals surface area contributed by atoms with Gasteiger partial charge in [-0.05, 0) is 18.2 Å². The molecule has 1 aromatic heterocycles. The molecular weight excluding hydrogens is 271 g/mol. The van der Waals surface area contributed by atoms with E-state index in [0.29, 0.717) is 5.76 Å². The number of hydrogen-bond acceptors (Lipinski definition) is 2. The molecule has 3 nitrogen and oxygen atoms in total. The molecule has 0 aliphatic rings. The van der Waals surface area contributed by atoms with Gasteiger partial charge in [0.15, 0.2) is 0 Å². The minimum absolute atomic E-state index is 0.0194. The van der Waals surface area contributed by atoms with Crippen LogP contribution in [0.25, 0.3) is 11.3 Å². The molecule has 0 bridgehead atoms. The van der Waals surface area contributed by atoms with Crippen LogP contribution in [0, 0.1) is 0 Å². The standard InChI is InChI=1S/C14H12F3NO2/c1-9(19)18-8-10-6-7-13(20-10)11-4-2-3-5-12(11)14(15,16)17/h2-7H,8H2,1H3,(H,18,19). The Hall–Kier alpha value is -2.24. The molecule has 0 unspecified atom stereocenters. The first-order chi connectivity index (χ1) is 9.38. The molecule has 6 heteroatoms. The van der Waals surface area contributed by atoms with Gasteiger partial charge in [0.05, 0.1) is 12.1 Å². The van der Waals surface area contributed by atoms with E-state index in [0.717, 1.165) is 6.07 Å². The fourth-order valence-corrected chi connectivity index (χ4v) is 1.77. The number of furan rings is 1. The number of carbonyl (C=O) groups is 1. The van der Waals surface area contributed by atoms with Gasteiger partial charge in [-0.3, -0.25) is 4.79 Å². The van der Waals surface area contributed by atoms with Crippen molar-refractivity contribution >= 4 is 5.91 Å². The van der Waals surface area contributed by atoms with Gasteiger partial charge in [0.25, 0.3) is 0 Å². The van der Waals surface area contributed by atoms with E-state index < -0.39 is 11.7 Å². The maximum atomic E-state index is 12.9. The zero-order valence-corrected chi connectivity index (χ0v) is 10.6. The molecular formula is C14H12F3NO2. The monoisotopic (exact) mass is 283 g/mol. The molecule has 1 N–H and O–H groups in total. The average molecular weight is 283 g/mol. The van der Waals surface area contributed by atoms with Gasteiger partial charge in [-0.1, -0.05) is 18.2 Å². The lowest BCUT2D eigenvalue weighted by atomic mass is 10.1. The fraction of sp³-hybridized carbons (Fsp3) is 0.214. The van der Waals surface area contributed by atoms with Gasteiger partial charge < -0.3 is 9.73 Å². The molecule has 0 radical (unpaired) electrons. The van der Waals surface area contributed by atoms with E-state index in [1.54, 1.807) is 6.07 Å². The van der Waals surface area contributed by atoms with Crippen LogP contribution < -0.4 is 5.32 Å². The molecule has 0 aliphatic heterocycles. The summed E-state index contributed by atoms with van der Waals surface area (Å²) in [5.74, 6) is 0.282. The molecule has 0 spiro atoms. The Morgan fingerprint density at radius 3 is 2.55 bits per heavy atom. The van der Waals surface area contributed by atoms with Crippen LogP contribution in [0.2, 0.25) is 0 Å². The third-order valence-electron chi connectivity index (χ3n) is 2.67. The van der Waals surface area contributed by atoms with Crippen molar-refractivity contribution in [1.82, 2.24) is 5.32 Å². The first-order valence-corrected chi connectivity index (χ1v) is 5.87. The van der Waals surface area contributed by atoms with Crippen molar-refractivity contribution in [1.29, 1.82) is 0 Å². The number of amides is 1. The molecule has 1 aromatic carbocycles. The number of benzene rings is 1. The minimum atomic E-state index is -4.44. The number of alkyl halides is 3. The molecule has 1 amide bonds. The summed E-state index contributed by atoms with van der Waals surface area (Å²) < 4.78 is 44.0. The van der Waals surface area contributed by atoms with Crippen LogP contribution in [-0.4, -0.2) is 5.91 Å². The van der Waals surface area contributed by atoms with Gasteiger partial charge in [-0.15, -0.1) is 0 Å². The topological polar surface area (TPSA) is 42.2 Å². The lowest BCUT2D eigenvalue weighted by Crippen LogP contribution is -2.18. The van der Waals surface area contributed by atoms with E-state index >= 15 is 0 Å². The van der Waals surface area contributed by atoms with E-state index in [1.165, 1.54) is 31.2 Å². The molecule has 1 heterocycles. The predicted octanol–water partition coefficient (Wildman–Crippen LogP) is 3.60. The predicted molar refractivity (Wildman–Crippen MR) is 66.7 cm³/mol. The molecule has 0 saturated heterocycles. The quantitative estimate of drug-likeness (QED) is 0.935. The Kier molecular flexibility index (Phi) is 3.83. The van der Waals surface area contributed by atoms with Crippen molar-refractivity contribution in [3.63, 3.8) is 0 Å². The molecule has 0 saturated carbocycles. The maximum absolute atomic E-state index is 12.9.